The van der Waals surface area contributed by atoms with Crippen molar-refractivity contribution in [2.75, 3.05) is 0 Å². The smallest absolute Gasteiger partial charge is 0.138 e. The number of hydrogen-bond acceptors (Lipinski definition) is 1. The lowest BCUT2D eigenvalue weighted by atomic mass is 10.0. The van der Waals surface area contributed by atoms with Crippen LogP contribution in [0.4, 0.5) is 0 Å². The van der Waals surface area contributed by atoms with Crippen molar-refractivity contribution in [3.63, 3.8) is 0 Å². The largest absolute Gasteiger partial charge is 0.309 e. The van der Waals surface area contributed by atoms with Crippen molar-refractivity contribution in [2.24, 2.45) is 0 Å². The van der Waals surface area contributed by atoms with Gasteiger partial charge in [-0.15, -0.1) is 0 Å². The molecule has 0 N–H and O–H groups in total. The zero-order valence-electron chi connectivity index (χ0n) is 24.9. The van der Waals surface area contributed by atoms with Crippen molar-refractivity contribution in [1.29, 1.82) is 0 Å². The first-order valence-corrected chi connectivity index (χ1v) is 15.7. The highest BCUT2D eigenvalue weighted by Crippen LogP contribution is 2.41. The van der Waals surface area contributed by atoms with E-state index in [1.54, 1.807) is 0 Å². The standard InChI is InChI=1S/C43H27N3/c1-3-13-28(14-4-1)30-25-37(29-15-5-2-6-16-29)44-42(26-30)46-39-22-12-10-20-34(39)35-23-24-40-36(43(35)46)27-41-33-19-8-7-17-31(33)32-18-9-11-21-38(32)45(40)41/h1-27H. The number of para-hydroxylation sites is 2. The molecule has 0 saturated heterocycles. The monoisotopic (exact) mass is 585 g/mol. The van der Waals surface area contributed by atoms with Gasteiger partial charge in [0.2, 0.25) is 0 Å². The molecule has 0 spiro atoms. The molecule has 6 aromatic carbocycles. The van der Waals surface area contributed by atoms with Crippen LogP contribution in [0.2, 0.25) is 0 Å². The van der Waals surface area contributed by atoms with Gasteiger partial charge in [-0.3, -0.25) is 4.57 Å². The van der Waals surface area contributed by atoms with Gasteiger partial charge in [-0.2, -0.15) is 0 Å². The second-order valence-corrected chi connectivity index (χ2v) is 12.0. The Bertz CT molecular complexity index is 2730. The van der Waals surface area contributed by atoms with Gasteiger partial charge in [0.05, 0.1) is 33.3 Å². The van der Waals surface area contributed by atoms with Crippen LogP contribution >= 0.6 is 0 Å². The molecule has 0 bridgehead atoms. The highest BCUT2D eigenvalue weighted by molar-refractivity contribution is 6.22. The average molecular weight is 586 g/mol. The lowest BCUT2D eigenvalue weighted by Gasteiger charge is -2.13. The van der Waals surface area contributed by atoms with Crippen molar-refractivity contribution in [2.45, 2.75) is 0 Å². The number of pyridine rings is 2. The van der Waals surface area contributed by atoms with Crippen molar-refractivity contribution < 1.29 is 0 Å². The molecule has 0 aliphatic rings. The Morgan fingerprint density at radius 3 is 1.65 bits per heavy atom. The third kappa shape index (κ3) is 3.57. The molecule has 10 rings (SSSR count). The van der Waals surface area contributed by atoms with Gasteiger partial charge in [0.25, 0.3) is 0 Å². The molecule has 0 radical (unpaired) electrons. The maximum absolute atomic E-state index is 5.39. The third-order valence-corrected chi connectivity index (χ3v) is 9.47. The summed E-state index contributed by atoms with van der Waals surface area (Å²) in [5.41, 5.74) is 10.3. The highest BCUT2D eigenvalue weighted by Gasteiger charge is 2.20. The number of nitrogens with zero attached hydrogens (tertiary/aromatic N) is 3. The van der Waals surface area contributed by atoms with E-state index in [1.807, 2.05) is 0 Å². The molecule has 0 amide bonds. The van der Waals surface area contributed by atoms with Crippen molar-refractivity contribution in [3.05, 3.63) is 164 Å². The SMILES string of the molecule is c1ccc(-c2cc(-c3ccccc3)nc(-n3c4ccccc4c4ccc5c(cc6c7ccccc7c7ccccc7n65)c43)c2)cc1. The fourth-order valence-corrected chi connectivity index (χ4v) is 7.46. The summed E-state index contributed by atoms with van der Waals surface area (Å²) in [6, 6.07) is 58.8. The maximum atomic E-state index is 5.39. The molecule has 3 nitrogen and oxygen atoms in total. The van der Waals surface area contributed by atoms with E-state index in [1.165, 1.54) is 59.9 Å². The van der Waals surface area contributed by atoms with Crippen LogP contribution in [0.15, 0.2) is 164 Å². The van der Waals surface area contributed by atoms with Crippen LogP contribution in [0.25, 0.3) is 88.1 Å². The molecule has 0 unspecified atom stereocenters. The molecule has 0 aliphatic carbocycles. The van der Waals surface area contributed by atoms with Crippen LogP contribution in [-0.4, -0.2) is 14.0 Å². The molecule has 4 heterocycles. The summed E-state index contributed by atoms with van der Waals surface area (Å²) in [7, 11) is 0. The summed E-state index contributed by atoms with van der Waals surface area (Å²) in [6.45, 7) is 0. The molecule has 0 aliphatic heterocycles. The van der Waals surface area contributed by atoms with Gasteiger partial charge in [0.15, 0.2) is 0 Å². The van der Waals surface area contributed by atoms with E-state index in [2.05, 4.69) is 173 Å². The molecule has 0 fully saturated rings. The normalized spacial score (nSPS) is 11.9. The van der Waals surface area contributed by atoms with Crippen LogP contribution in [0.3, 0.4) is 0 Å². The van der Waals surface area contributed by atoms with E-state index in [-0.39, 0.29) is 0 Å². The first kappa shape index (κ1) is 25.2. The van der Waals surface area contributed by atoms with Gasteiger partial charge in [0, 0.05) is 32.5 Å². The van der Waals surface area contributed by atoms with Crippen LogP contribution in [0.1, 0.15) is 0 Å². The van der Waals surface area contributed by atoms with E-state index in [4.69, 9.17) is 4.98 Å². The second kappa shape index (κ2) is 9.65. The van der Waals surface area contributed by atoms with Crippen LogP contribution in [0.5, 0.6) is 0 Å². The Morgan fingerprint density at radius 2 is 0.913 bits per heavy atom. The first-order valence-electron chi connectivity index (χ1n) is 15.7. The first-order chi connectivity index (χ1) is 22.8. The minimum absolute atomic E-state index is 0.906. The minimum Gasteiger partial charge on any atom is -0.309 e. The average Bonchev–Trinajstić information content (AvgIpc) is 3.69. The Balaban J connectivity index is 1.39. The van der Waals surface area contributed by atoms with E-state index in [0.29, 0.717) is 0 Å². The number of rotatable bonds is 3. The zero-order chi connectivity index (χ0) is 30.2. The van der Waals surface area contributed by atoms with Gasteiger partial charge < -0.3 is 4.40 Å². The van der Waals surface area contributed by atoms with Gasteiger partial charge in [-0.25, -0.2) is 4.98 Å². The topological polar surface area (TPSA) is 22.2 Å². The Hall–Kier alpha value is -6.19. The Kier molecular flexibility index (Phi) is 5.28. The summed E-state index contributed by atoms with van der Waals surface area (Å²) in [5.74, 6) is 0.906. The molecule has 3 heteroatoms. The summed E-state index contributed by atoms with van der Waals surface area (Å²) < 4.78 is 4.83. The van der Waals surface area contributed by atoms with Crippen molar-refractivity contribution in [3.8, 4) is 28.2 Å². The lowest BCUT2D eigenvalue weighted by Crippen LogP contribution is -2.00. The molecule has 0 atom stereocenters. The quantitative estimate of drug-likeness (QED) is 0.189. The van der Waals surface area contributed by atoms with Gasteiger partial charge in [0.1, 0.15) is 5.82 Å². The van der Waals surface area contributed by atoms with E-state index in [0.717, 1.165) is 28.2 Å². The minimum atomic E-state index is 0.906. The zero-order valence-corrected chi connectivity index (χ0v) is 24.9. The summed E-state index contributed by atoms with van der Waals surface area (Å²) in [5, 5.41) is 7.44. The van der Waals surface area contributed by atoms with E-state index >= 15 is 0 Å². The molecule has 10 aromatic rings. The number of hydrogen-bond donors (Lipinski definition) is 0. The van der Waals surface area contributed by atoms with Crippen molar-refractivity contribution >= 4 is 59.9 Å². The fourth-order valence-electron chi connectivity index (χ4n) is 7.46. The summed E-state index contributed by atoms with van der Waals surface area (Å²) >= 11 is 0. The number of fused-ring (bicyclic) bond motifs is 12. The Labute approximate surface area is 265 Å². The predicted molar refractivity (Wildman–Crippen MR) is 193 cm³/mol. The molecule has 46 heavy (non-hydrogen) atoms. The predicted octanol–water partition coefficient (Wildman–Crippen LogP) is 11.2. The van der Waals surface area contributed by atoms with Gasteiger partial charge in [-0.1, -0.05) is 127 Å². The van der Waals surface area contributed by atoms with E-state index in [9.17, 15) is 0 Å². The Morgan fingerprint density at radius 1 is 0.348 bits per heavy atom. The second-order valence-electron chi connectivity index (χ2n) is 12.0. The third-order valence-electron chi connectivity index (χ3n) is 9.47. The molecular formula is C43H27N3. The highest BCUT2D eigenvalue weighted by atomic mass is 15.1. The maximum Gasteiger partial charge on any atom is 0.138 e. The molecule has 214 valence electrons. The lowest BCUT2D eigenvalue weighted by molar-refractivity contribution is 1.09. The summed E-state index contributed by atoms with van der Waals surface area (Å²) in [4.78, 5) is 5.39. The summed E-state index contributed by atoms with van der Waals surface area (Å²) in [6.07, 6.45) is 0. The number of aromatic nitrogens is 3. The molecular weight excluding hydrogens is 558 g/mol. The molecule has 4 aromatic heterocycles. The number of benzene rings is 6. The molecule has 0 saturated carbocycles. The van der Waals surface area contributed by atoms with Gasteiger partial charge >= 0.3 is 0 Å². The van der Waals surface area contributed by atoms with Crippen LogP contribution in [0, 0.1) is 0 Å². The fraction of sp³-hybridized carbons (Fsp3) is 0. The van der Waals surface area contributed by atoms with Crippen LogP contribution in [-0.2, 0) is 0 Å². The van der Waals surface area contributed by atoms with Gasteiger partial charge in [-0.05, 0) is 52.9 Å². The van der Waals surface area contributed by atoms with Crippen molar-refractivity contribution in [1.82, 2.24) is 14.0 Å². The van der Waals surface area contributed by atoms with E-state index < -0.39 is 0 Å². The van der Waals surface area contributed by atoms with Crippen LogP contribution < -0.4 is 0 Å².